The minimum absolute atomic E-state index is 0.0508. The largest absolute Gasteiger partial charge is 0.384 e. The van der Waals surface area contributed by atoms with Crippen molar-refractivity contribution in [3.8, 4) is 0 Å². The van der Waals surface area contributed by atoms with Gasteiger partial charge in [0, 0.05) is 121 Å². The second-order valence-corrected chi connectivity index (χ2v) is 40.9. The summed E-state index contributed by atoms with van der Waals surface area (Å²) in [5, 5.41) is 26.6. The van der Waals surface area contributed by atoms with Crippen molar-refractivity contribution in [2.75, 3.05) is 107 Å². The minimum atomic E-state index is -3.52. The standard InChI is InChI=1S/C30H36N6O3S2.C29H34N6O3S2.C28H30BrN5O3S2/c1-4-35(5-2)25-18-23-19-32-30(33-24-8-6-21(7-9-24)22-10-13-31-14-11-22)34-28(23)36(29(25)37)20-26-27(12-16-40-26)41(38)17-15-39-3;1-18(2)40(37,38)28-22(11-13-39-28)17-35-26-23(14-25(27(35)36)19(3)34(4)5)16-31-29(33-26)32-24-8-6-20(7-9-24)21-10-12-30-15-21;29-24-15-21-16-31-28(32-22-7-5-18(6-8-22)19-9-12-30-13-10-19)33-25(21)34(26(24)35)17-20-11-14-38-27(20)39(36,37)23-3-1-2-4-23/h6-10,12,16,18-19,31H,4-5,11,13-15,17,20H2,1-3H3,(H,32,33,34);6-9,11,13-14,16,18,21,30H,3,10,12,15,17H2,1-2,4-5H3,(H,31,32,33);5-8,11,14-16,19,23,30H,1-4,9-10,12-13,17H2,(H,31,32,33). The van der Waals surface area contributed by atoms with Crippen molar-refractivity contribution in [2.45, 2.75) is 134 Å². The number of methoxy groups -OCH3 is 1. The number of hydrogen-bond acceptors (Lipinski definition) is 26. The maximum atomic E-state index is 13.9. The number of benzene rings is 3. The van der Waals surface area contributed by atoms with Crippen LogP contribution in [0.2, 0.25) is 0 Å². The maximum absolute atomic E-state index is 13.9. The Morgan fingerprint density at radius 1 is 0.625 bits per heavy atom. The Morgan fingerprint density at radius 2 is 1.14 bits per heavy atom. The van der Waals surface area contributed by atoms with Crippen molar-refractivity contribution in [2.24, 2.45) is 0 Å². The lowest BCUT2D eigenvalue weighted by molar-refractivity contribution is 0.218. The molecule has 3 fully saturated rings. The third-order valence-electron chi connectivity index (χ3n) is 22.3. The van der Waals surface area contributed by atoms with Crippen molar-refractivity contribution in [1.82, 2.24) is 64.5 Å². The van der Waals surface area contributed by atoms with Gasteiger partial charge < -0.3 is 46.4 Å². The van der Waals surface area contributed by atoms with Crippen LogP contribution in [0.5, 0.6) is 0 Å². The van der Waals surface area contributed by atoms with Crippen LogP contribution in [0.25, 0.3) is 44.4 Å². The number of nitrogens with one attached hydrogen (secondary N) is 6. The summed E-state index contributed by atoms with van der Waals surface area (Å²) in [6.45, 7) is 19.7. The molecule has 0 amide bonds. The van der Waals surface area contributed by atoms with Gasteiger partial charge in [0.1, 0.15) is 31.0 Å². The van der Waals surface area contributed by atoms with Gasteiger partial charge in [0.25, 0.3) is 16.7 Å². The summed E-state index contributed by atoms with van der Waals surface area (Å²) in [7, 11) is -2.95. The van der Waals surface area contributed by atoms with Gasteiger partial charge in [0.05, 0.1) is 68.2 Å². The van der Waals surface area contributed by atoms with Gasteiger partial charge in [-0.2, -0.15) is 15.0 Å². The Kier molecular flexibility index (Phi) is 28.3. The van der Waals surface area contributed by atoms with Crippen molar-refractivity contribution in [1.29, 1.82) is 0 Å². The summed E-state index contributed by atoms with van der Waals surface area (Å²) in [6.07, 6.45) is 15.0. The quantitative estimate of drug-likeness (QED) is 0.0265. The predicted octanol–water partition coefficient (Wildman–Crippen LogP) is 14.6. The first-order valence-electron chi connectivity index (χ1n) is 40.4. The fourth-order valence-electron chi connectivity index (χ4n) is 15.4. The molecule has 12 heterocycles. The number of ether oxygens (including phenoxy) is 1. The van der Waals surface area contributed by atoms with E-state index in [1.807, 2.05) is 86.8 Å². The minimum Gasteiger partial charge on any atom is -0.384 e. The highest BCUT2D eigenvalue weighted by Crippen LogP contribution is 2.37. The zero-order chi connectivity index (χ0) is 84.4. The number of pyridine rings is 3. The molecule has 1 aliphatic carbocycles. The Labute approximate surface area is 721 Å². The fourth-order valence-corrected chi connectivity index (χ4v) is 24.6. The maximum Gasteiger partial charge on any atom is 0.276 e. The molecule has 26 nitrogen and oxygen atoms in total. The fraction of sp³-hybridized carbons (Fsp3) is 0.368. The first-order chi connectivity index (χ1) is 58.0. The van der Waals surface area contributed by atoms with Crippen molar-refractivity contribution < 1.29 is 25.8 Å². The van der Waals surface area contributed by atoms with Crippen LogP contribution in [-0.4, -0.2) is 166 Å². The summed E-state index contributed by atoms with van der Waals surface area (Å²) < 4.78 is 76.7. The van der Waals surface area contributed by atoms with Crippen molar-refractivity contribution >= 4 is 165 Å². The van der Waals surface area contributed by atoms with E-state index in [0.717, 1.165) is 110 Å². The number of rotatable bonds is 28. The lowest BCUT2D eigenvalue weighted by Crippen LogP contribution is -2.32. The van der Waals surface area contributed by atoms with E-state index in [-0.39, 0.29) is 45.8 Å². The van der Waals surface area contributed by atoms with Crippen molar-refractivity contribution in [3.05, 3.63) is 230 Å². The van der Waals surface area contributed by atoms with Crippen LogP contribution in [0.1, 0.15) is 129 Å². The zero-order valence-corrected chi connectivity index (χ0v) is 74.7. The van der Waals surface area contributed by atoms with E-state index in [4.69, 9.17) is 19.7 Å². The smallest absolute Gasteiger partial charge is 0.276 e. The van der Waals surface area contributed by atoms with Gasteiger partial charge >= 0.3 is 0 Å². The monoisotopic (exact) mass is 1800 g/mol. The third-order valence-corrected chi connectivity index (χ3v) is 32.9. The molecular weight excluding hydrogens is 1700 g/mol. The molecule has 2 atom stereocenters. The summed E-state index contributed by atoms with van der Waals surface area (Å²) in [6, 6.07) is 35.6. The average molecular weight is 1800 g/mol. The number of aromatic nitrogens is 9. The van der Waals surface area contributed by atoms with Gasteiger partial charge in [-0.25, -0.2) is 31.8 Å². The number of thiophene rings is 3. The summed E-state index contributed by atoms with van der Waals surface area (Å²) >= 11 is 7.26. The van der Waals surface area contributed by atoms with E-state index in [0.29, 0.717) is 132 Å². The number of anilines is 7. The van der Waals surface area contributed by atoms with E-state index in [1.54, 1.807) is 84.0 Å². The van der Waals surface area contributed by atoms with Gasteiger partial charge in [0.15, 0.2) is 19.7 Å². The Morgan fingerprint density at radius 3 is 1.68 bits per heavy atom. The second kappa shape index (κ2) is 39.1. The highest BCUT2D eigenvalue weighted by molar-refractivity contribution is 9.10. The number of piperidine rings is 1. The molecule has 0 bridgehead atoms. The average Bonchev–Trinajstić information content (AvgIpc) is 1.04. The van der Waals surface area contributed by atoms with Crippen LogP contribution in [-0.2, 0) is 54.8 Å². The SMILES string of the molecule is C=C(c1cc2cnc(Nc3ccc(C4CCNC4)cc3)nc2n(Cc2ccsc2S(=O)(=O)C(C)C)c1=O)N(C)C.CCN(CC)c1cc2cnc(Nc3ccc(C4=CCNCC4)cc3)nc2n(Cc2sccc2S(=O)CCOC)c1=O.O=c1c(Br)cc2cnc(Nc3ccc(C4CCNCC4)cc3)nc2n1Cc1ccsc1S(=O)(=O)C1CCCC1. The normalized spacial score (nSPS) is 15.6. The molecule has 120 heavy (non-hydrogen) atoms. The molecule has 0 radical (unpaired) electrons. The molecule has 1 saturated carbocycles. The molecule has 2 unspecified atom stereocenters. The molecule has 3 aromatic carbocycles. The van der Waals surface area contributed by atoms with E-state index in [9.17, 15) is 35.4 Å². The number of sulfone groups is 2. The molecule has 16 rings (SSSR count). The molecule has 0 spiro atoms. The van der Waals surface area contributed by atoms with Crippen LogP contribution in [0.3, 0.4) is 0 Å². The molecule has 2 saturated heterocycles. The first kappa shape index (κ1) is 86.8. The van der Waals surface area contributed by atoms with Gasteiger partial charge in [-0.05, 0) is 231 Å². The molecule has 3 aliphatic heterocycles. The summed E-state index contributed by atoms with van der Waals surface area (Å²) in [5.74, 6) is 2.62. The molecule has 4 aliphatic rings. The summed E-state index contributed by atoms with van der Waals surface area (Å²) in [4.78, 5) is 74.2. The lowest BCUT2D eigenvalue weighted by atomic mass is 9.90. The topological polar surface area (TPSA) is 317 Å². The second-order valence-electron chi connectivity index (χ2n) is 30.5. The Balaban J connectivity index is 0.000000147. The Bertz CT molecular complexity index is 6170. The first-order valence-corrected chi connectivity index (χ1v) is 48.3. The van der Waals surface area contributed by atoms with Crippen LogP contribution in [0.15, 0.2) is 189 Å². The molecule has 6 N–H and O–H groups in total. The van der Waals surface area contributed by atoms with Crippen molar-refractivity contribution in [3.63, 3.8) is 0 Å². The predicted molar refractivity (Wildman–Crippen MR) is 490 cm³/mol. The van der Waals surface area contributed by atoms with Gasteiger partial charge in [-0.3, -0.25) is 32.3 Å². The molecule has 12 aromatic rings. The molecule has 630 valence electrons. The van der Waals surface area contributed by atoms with E-state index >= 15 is 0 Å². The van der Waals surface area contributed by atoms with Crippen LogP contribution in [0, 0.1) is 0 Å². The number of halogens is 1. The van der Waals surface area contributed by atoms with E-state index in [2.05, 4.69) is 112 Å². The van der Waals surface area contributed by atoms with Gasteiger partial charge in [0.2, 0.25) is 17.8 Å². The van der Waals surface area contributed by atoms with E-state index < -0.39 is 35.7 Å². The van der Waals surface area contributed by atoms with Crippen LogP contribution in [0.4, 0.5) is 40.6 Å². The van der Waals surface area contributed by atoms with E-state index in [1.165, 1.54) is 65.4 Å². The molecule has 33 heteroatoms. The zero-order valence-electron chi connectivity index (χ0n) is 68.2. The Hall–Kier alpha value is -9.52. The lowest BCUT2D eigenvalue weighted by Gasteiger charge is -2.23. The highest BCUT2D eigenvalue weighted by atomic mass is 79.9. The molecule has 9 aromatic heterocycles. The van der Waals surface area contributed by atoms with Gasteiger partial charge in [-0.15, -0.1) is 34.0 Å². The molecular formula is C87H100BrN17O9S6. The van der Waals surface area contributed by atoms with Crippen LogP contribution < -0.4 is 53.5 Å². The van der Waals surface area contributed by atoms with Crippen LogP contribution >= 0.6 is 49.9 Å². The summed E-state index contributed by atoms with van der Waals surface area (Å²) in [5.41, 5.74) is 11.2. The van der Waals surface area contributed by atoms with Gasteiger partial charge in [-0.1, -0.05) is 61.9 Å². The third kappa shape index (κ3) is 19.8. The number of nitrogens with zero attached hydrogens (tertiary/aromatic N) is 11. The number of fused-ring (bicyclic) bond motifs is 3. The highest BCUT2D eigenvalue weighted by Gasteiger charge is 2.34. The number of hydrogen-bond donors (Lipinski definition) is 6.